The van der Waals surface area contributed by atoms with E-state index >= 15 is 0 Å². The number of nitrogens with one attached hydrogen (secondary N) is 1. The second-order valence-corrected chi connectivity index (χ2v) is 5.41. The Morgan fingerprint density at radius 1 is 0.947 bits per heavy atom. The second-order valence-electron chi connectivity index (χ2n) is 5.05. The zero-order valence-corrected chi connectivity index (χ0v) is 12.6. The third-order valence-electron chi connectivity index (χ3n) is 3.45. The zero-order chi connectivity index (χ0) is 14.0. The van der Waals surface area contributed by atoms with Gasteiger partial charge in [0.15, 0.2) is 0 Å². The zero-order valence-electron chi connectivity index (χ0n) is 11.8. The number of hydrogen-bond acceptors (Lipinski definition) is 2. The van der Waals surface area contributed by atoms with Crippen LogP contribution in [0.2, 0.25) is 5.15 Å². The molecule has 0 radical (unpaired) electrons. The number of aryl methyl sites for hydroxylation is 4. The maximum absolute atomic E-state index is 5.92. The minimum absolute atomic E-state index is 0.563. The van der Waals surface area contributed by atoms with Crippen molar-refractivity contribution in [3.8, 4) is 0 Å². The molecule has 0 aliphatic heterocycles. The van der Waals surface area contributed by atoms with Crippen LogP contribution in [0.3, 0.4) is 0 Å². The molecule has 0 unspecified atom stereocenters. The molecule has 0 saturated heterocycles. The number of benzene rings is 1. The topological polar surface area (TPSA) is 24.9 Å². The lowest BCUT2D eigenvalue weighted by Crippen LogP contribution is -2.03. The van der Waals surface area contributed by atoms with Gasteiger partial charge in [-0.1, -0.05) is 23.7 Å². The lowest BCUT2D eigenvalue weighted by molar-refractivity contribution is 1.09. The summed E-state index contributed by atoms with van der Waals surface area (Å²) in [5.41, 5.74) is 7.28. The van der Waals surface area contributed by atoms with Gasteiger partial charge in [0.05, 0.1) is 11.9 Å². The Morgan fingerprint density at radius 3 is 2.32 bits per heavy atom. The van der Waals surface area contributed by atoms with Gasteiger partial charge in [-0.05, 0) is 61.6 Å². The molecule has 19 heavy (non-hydrogen) atoms. The number of nitrogens with zero attached hydrogens (tertiary/aromatic N) is 1. The van der Waals surface area contributed by atoms with Crippen molar-refractivity contribution >= 4 is 17.3 Å². The van der Waals surface area contributed by atoms with Crippen molar-refractivity contribution in [1.82, 2.24) is 4.98 Å². The summed E-state index contributed by atoms with van der Waals surface area (Å²) >= 11 is 5.92. The van der Waals surface area contributed by atoms with Crippen LogP contribution in [0.5, 0.6) is 0 Å². The lowest BCUT2D eigenvalue weighted by atomic mass is 10.0. The third kappa shape index (κ3) is 3.27. The molecule has 0 atom stereocenters. The van der Waals surface area contributed by atoms with E-state index < -0.39 is 0 Å². The van der Waals surface area contributed by atoms with E-state index in [1.165, 1.54) is 22.3 Å². The van der Waals surface area contributed by atoms with Gasteiger partial charge < -0.3 is 5.32 Å². The van der Waals surface area contributed by atoms with E-state index in [4.69, 9.17) is 11.6 Å². The van der Waals surface area contributed by atoms with Crippen molar-refractivity contribution in [2.75, 3.05) is 5.32 Å². The van der Waals surface area contributed by atoms with E-state index in [2.05, 4.69) is 43.2 Å². The Kier molecular flexibility index (Phi) is 4.11. The lowest BCUT2D eigenvalue weighted by Gasteiger charge is -2.12. The molecule has 2 aromatic rings. The molecule has 0 saturated carbocycles. The first-order valence-electron chi connectivity index (χ1n) is 6.40. The van der Waals surface area contributed by atoms with Crippen LogP contribution in [0.1, 0.15) is 27.8 Å². The maximum Gasteiger partial charge on any atom is 0.132 e. The number of halogens is 1. The molecule has 100 valence electrons. The van der Waals surface area contributed by atoms with E-state index in [-0.39, 0.29) is 0 Å². The van der Waals surface area contributed by atoms with Crippen molar-refractivity contribution in [1.29, 1.82) is 0 Å². The second kappa shape index (κ2) is 5.62. The maximum atomic E-state index is 5.92. The number of aromatic nitrogens is 1. The Morgan fingerprint density at radius 2 is 1.63 bits per heavy atom. The molecule has 3 heteroatoms. The van der Waals surface area contributed by atoms with Gasteiger partial charge in [0.1, 0.15) is 5.15 Å². The first kappa shape index (κ1) is 13.9. The molecule has 0 aliphatic carbocycles. The van der Waals surface area contributed by atoms with Gasteiger partial charge in [0.2, 0.25) is 0 Å². The van der Waals surface area contributed by atoms with E-state index in [9.17, 15) is 0 Å². The van der Waals surface area contributed by atoms with Crippen molar-refractivity contribution < 1.29 is 0 Å². The fraction of sp³-hybridized carbons (Fsp3) is 0.312. The Bertz CT molecular complexity index is 606. The van der Waals surface area contributed by atoms with Crippen molar-refractivity contribution in [3.63, 3.8) is 0 Å². The Hall–Kier alpha value is -1.54. The number of anilines is 1. The van der Waals surface area contributed by atoms with Crippen LogP contribution in [0.4, 0.5) is 5.69 Å². The summed E-state index contributed by atoms with van der Waals surface area (Å²) in [6, 6.07) is 6.50. The largest absolute Gasteiger partial charge is 0.380 e. The van der Waals surface area contributed by atoms with Crippen molar-refractivity contribution in [2.45, 2.75) is 34.2 Å². The SMILES string of the molecule is Cc1cc(C)c(CNc2cnc(Cl)c(C)c2)cc1C. The highest BCUT2D eigenvalue weighted by Crippen LogP contribution is 2.19. The molecule has 2 nitrogen and oxygen atoms in total. The summed E-state index contributed by atoms with van der Waals surface area (Å²) in [5.74, 6) is 0. The molecule has 1 aromatic heterocycles. The monoisotopic (exact) mass is 274 g/mol. The van der Waals surface area contributed by atoms with E-state index in [0.717, 1.165) is 17.8 Å². The van der Waals surface area contributed by atoms with Crippen LogP contribution in [0, 0.1) is 27.7 Å². The van der Waals surface area contributed by atoms with Gasteiger partial charge in [-0.3, -0.25) is 0 Å². The highest BCUT2D eigenvalue weighted by Gasteiger charge is 2.03. The predicted molar refractivity (Wildman–Crippen MR) is 82.0 cm³/mol. The molecular formula is C16H19ClN2. The minimum Gasteiger partial charge on any atom is -0.380 e. The van der Waals surface area contributed by atoms with Crippen LogP contribution in [-0.4, -0.2) is 4.98 Å². The Balaban J connectivity index is 2.14. The number of pyridine rings is 1. The van der Waals surface area contributed by atoms with Crippen molar-refractivity contribution in [3.05, 3.63) is 57.4 Å². The molecule has 1 N–H and O–H groups in total. The summed E-state index contributed by atoms with van der Waals surface area (Å²) < 4.78 is 0. The van der Waals surface area contributed by atoms with E-state index in [0.29, 0.717) is 5.15 Å². The summed E-state index contributed by atoms with van der Waals surface area (Å²) in [7, 11) is 0. The molecule has 2 rings (SSSR count). The van der Waals surface area contributed by atoms with Crippen LogP contribution in [0.15, 0.2) is 24.4 Å². The van der Waals surface area contributed by atoms with Gasteiger partial charge in [-0.25, -0.2) is 4.98 Å². The van der Waals surface area contributed by atoms with Crippen LogP contribution < -0.4 is 5.32 Å². The minimum atomic E-state index is 0.563. The molecule has 0 bridgehead atoms. The highest BCUT2D eigenvalue weighted by molar-refractivity contribution is 6.30. The standard InChI is InChI=1S/C16H19ClN2/c1-10-5-12(3)14(6-11(10)2)8-18-15-7-13(4)16(17)19-9-15/h5-7,9,18H,8H2,1-4H3. The predicted octanol–water partition coefficient (Wildman–Crippen LogP) is 4.58. The smallest absolute Gasteiger partial charge is 0.132 e. The first-order chi connectivity index (χ1) is 8.97. The van der Waals surface area contributed by atoms with Gasteiger partial charge in [-0.2, -0.15) is 0 Å². The Labute approximate surface area is 119 Å². The molecule has 0 amide bonds. The average Bonchev–Trinajstić information content (AvgIpc) is 2.36. The normalized spacial score (nSPS) is 10.6. The highest BCUT2D eigenvalue weighted by atomic mass is 35.5. The summed E-state index contributed by atoms with van der Waals surface area (Å²) in [4.78, 5) is 4.15. The third-order valence-corrected chi connectivity index (χ3v) is 3.85. The summed E-state index contributed by atoms with van der Waals surface area (Å²) in [6.07, 6.45) is 1.77. The van der Waals surface area contributed by atoms with Crippen LogP contribution in [0.25, 0.3) is 0 Å². The fourth-order valence-corrected chi connectivity index (χ4v) is 2.17. The van der Waals surface area contributed by atoms with Gasteiger partial charge in [0, 0.05) is 6.54 Å². The molecule has 1 heterocycles. The van der Waals surface area contributed by atoms with E-state index in [1.54, 1.807) is 6.20 Å². The van der Waals surface area contributed by atoms with Crippen LogP contribution in [-0.2, 0) is 6.54 Å². The fourth-order valence-electron chi connectivity index (χ4n) is 2.06. The van der Waals surface area contributed by atoms with Gasteiger partial charge in [0.25, 0.3) is 0 Å². The quantitative estimate of drug-likeness (QED) is 0.829. The number of rotatable bonds is 3. The van der Waals surface area contributed by atoms with Gasteiger partial charge >= 0.3 is 0 Å². The summed E-state index contributed by atoms with van der Waals surface area (Å²) in [6.45, 7) is 9.20. The van der Waals surface area contributed by atoms with Crippen molar-refractivity contribution in [2.24, 2.45) is 0 Å². The first-order valence-corrected chi connectivity index (χ1v) is 6.78. The summed E-state index contributed by atoms with van der Waals surface area (Å²) in [5, 5.41) is 3.96. The average molecular weight is 275 g/mol. The molecular weight excluding hydrogens is 256 g/mol. The van der Waals surface area contributed by atoms with Crippen LogP contribution >= 0.6 is 11.6 Å². The van der Waals surface area contributed by atoms with E-state index in [1.807, 2.05) is 13.0 Å². The molecule has 0 fully saturated rings. The molecule has 1 aromatic carbocycles. The molecule has 0 spiro atoms. The molecule has 0 aliphatic rings. The van der Waals surface area contributed by atoms with Gasteiger partial charge in [-0.15, -0.1) is 0 Å². The number of hydrogen-bond donors (Lipinski definition) is 1.